The highest BCUT2D eigenvalue weighted by Gasteiger charge is 2.18. The highest BCUT2D eigenvalue weighted by molar-refractivity contribution is 5.23. The van der Waals surface area contributed by atoms with Gasteiger partial charge in [0.1, 0.15) is 6.23 Å². The van der Waals surface area contributed by atoms with Crippen LogP contribution in [0.3, 0.4) is 0 Å². The van der Waals surface area contributed by atoms with Gasteiger partial charge < -0.3 is 4.74 Å². The summed E-state index contributed by atoms with van der Waals surface area (Å²) in [5.74, 6) is 0.622. The van der Waals surface area contributed by atoms with Crippen molar-refractivity contribution in [2.45, 2.75) is 20.1 Å². The first-order chi connectivity index (χ1) is 6.75. The Labute approximate surface area is 85.3 Å². The van der Waals surface area contributed by atoms with Crippen LogP contribution in [-0.2, 0) is 4.74 Å². The molecule has 2 atom stereocenters. The van der Waals surface area contributed by atoms with Crippen molar-refractivity contribution in [1.82, 2.24) is 5.32 Å². The van der Waals surface area contributed by atoms with Gasteiger partial charge in [0.25, 0.3) is 0 Å². The molecule has 2 heteroatoms. The summed E-state index contributed by atoms with van der Waals surface area (Å²) >= 11 is 0. The molecule has 2 nitrogen and oxygen atoms in total. The van der Waals surface area contributed by atoms with E-state index in [0.29, 0.717) is 5.92 Å². The largest absolute Gasteiger partial charge is 0.359 e. The third kappa shape index (κ3) is 2.14. The SMILES string of the molecule is Cc1ccc(C2NCC(C)CO2)cc1. The standard InChI is InChI=1S/C12H17NO/c1-9-3-5-11(6-4-9)12-13-7-10(2)8-14-12/h3-6,10,12-13H,7-8H2,1-2H3. The van der Waals surface area contributed by atoms with E-state index in [1.165, 1.54) is 11.1 Å². The molecule has 0 aliphatic carbocycles. The van der Waals surface area contributed by atoms with Gasteiger partial charge in [-0.15, -0.1) is 0 Å². The summed E-state index contributed by atoms with van der Waals surface area (Å²) < 4.78 is 5.71. The van der Waals surface area contributed by atoms with Gasteiger partial charge in [-0.25, -0.2) is 0 Å². The second-order valence-corrected chi connectivity index (χ2v) is 4.14. The van der Waals surface area contributed by atoms with E-state index < -0.39 is 0 Å². The van der Waals surface area contributed by atoms with Crippen molar-refractivity contribution in [3.8, 4) is 0 Å². The predicted molar refractivity (Wildman–Crippen MR) is 57.0 cm³/mol. The van der Waals surface area contributed by atoms with Gasteiger partial charge in [0.2, 0.25) is 0 Å². The Morgan fingerprint density at radius 2 is 2.00 bits per heavy atom. The maximum Gasteiger partial charge on any atom is 0.134 e. The van der Waals surface area contributed by atoms with Crippen molar-refractivity contribution in [2.24, 2.45) is 5.92 Å². The fraction of sp³-hybridized carbons (Fsp3) is 0.500. The normalized spacial score (nSPS) is 27.6. The van der Waals surface area contributed by atoms with Crippen LogP contribution in [0.15, 0.2) is 24.3 Å². The zero-order chi connectivity index (χ0) is 9.97. The second-order valence-electron chi connectivity index (χ2n) is 4.14. The molecule has 0 aromatic heterocycles. The van der Waals surface area contributed by atoms with Gasteiger partial charge in [-0.1, -0.05) is 36.8 Å². The van der Waals surface area contributed by atoms with Crippen molar-refractivity contribution >= 4 is 0 Å². The van der Waals surface area contributed by atoms with Gasteiger partial charge in [0.05, 0.1) is 6.61 Å². The average molecular weight is 191 g/mol. The van der Waals surface area contributed by atoms with E-state index in [9.17, 15) is 0 Å². The lowest BCUT2D eigenvalue weighted by Gasteiger charge is -2.28. The molecule has 1 saturated heterocycles. The molecule has 14 heavy (non-hydrogen) atoms. The van der Waals surface area contributed by atoms with Gasteiger partial charge in [0, 0.05) is 6.54 Å². The highest BCUT2D eigenvalue weighted by Crippen LogP contribution is 2.19. The van der Waals surface area contributed by atoms with Crippen LogP contribution in [0.5, 0.6) is 0 Å². The Morgan fingerprint density at radius 1 is 1.29 bits per heavy atom. The minimum Gasteiger partial charge on any atom is -0.359 e. The van der Waals surface area contributed by atoms with Crippen molar-refractivity contribution in [1.29, 1.82) is 0 Å². The van der Waals surface area contributed by atoms with Gasteiger partial charge in [-0.2, -0.15) is 0 Å². The fourth-order valence-electron chi connectivity index (χ4n) is 1.64. The first-order valence-electron chi connectivity index (χ1n) is 5.17. The van der Waals surface area contributed by atoms with Crippen LogP contribution in [0, 0.1) is 12.8 Å². The summed E-state index contributed by atoms with van der Waals surface area (Å²) in [5.41, 5.74) is 2.51. The number of rotatable bonds is 1. The van der Waals surface area contributed by atoms with Gasteiger partial charge in [-0.05, 0) is 18.4 Å². The smallest absolute Gasteiger partial charge is 0.134 e. The summed E-state index contributed by atoms with van der Waals surface area (Å²) in [6.07, 6.45) is 0.0896. The summed E-state index contributed by atoms with van der Waals surface area (Å²) in [6.45, 7) is 6.18. The zero-order valence-electron chi connectivity index (χ0n) is 8.79. The monoisotopic (exact) mass is 191 g/mol. The summed E-state index contributed by atoms with van der Waals surface area (Å²) in [6, 6.07) is 8.50. The van der Waals surface area contributed by atoms with Crippen LogP contribution >= 0.6 is 0 Å². The molecule has 0 bridgehead atoms. The summed E-state index contributed by atoms with van der Waals surface area (Å²) in [5, 5.41) is 3.38. The third-order valence-electron chi connectivity index (χ3n) is 2.58. The van der Waals surface area contributed by atoms with Crippen LogP contribution < -0.4 is 5.32 Å². The van der Waals surface area contributed by atoms with Crippen LogP contribution in [0.4, 0.5) is 0 Å². The molecular formula is C12H17NO. The number of benzene rings is 1. The minimum atomic E-state index is 0.0896. The topological polar surface area (TPSA) is 21.3 Å². The molecule has 0 spiro atoms. The Bertz CT molecular complexity index is 286. The Balaban J connectivity index is 2.05. The van der Waals surface area contributed by atoms with Gasteiger partial charge in [-0.3, -0.25) is 5.32 Å². The molecule has 1 aliphatic rings. The lowest BCUT2D eigenvalue weighted by molar-refractivity contribution is -0.0254. The predicted octanol–water partition coefficient (Wildman–Crippen LogP) is 2.25. The zero-order valence-corrected chi connectivity index (χ0v) is 8.79. The molecule has 76 valence electrons. The quantitative estimate of drug-likeness (QED) is 0.735. The van der Waals surface area contributed by atoms with Gasteiger partial charge >= 0.3 is 0 Å². The lowest BCUT2D eigenvalue weighted by atomic mass is 10.1. The van der Waals surface area contributed by atoms with Crippen LogP contribution in [0.25, 0.3) is 0 Å². The Hall–Kier alpha value is -0.860. The first-order valence-corrected chi connectivity index (χ1v) is 5.17. The van der Waals surface area contributed by atoms with Crippen LogP contribution in [-0.4, -0.2) is 13.2 Å². The molecule has 0 saturated carbocycles. The van der Waals surface area contributed by atoms with Gasteiger partial charge in [0.15, 0.2) is 0 Å². The number of hydrogen-bond acceptors (Lipinski definition) is 2. The lowest BCUT2D eigenvalue weighted by Crippen LogP contribution is -2.36. The molecule has 2 rings (SSSR count). The van der Waals surface area contributed by atoms with E-state index in [0.717, 1.165) is 13.2 Å². The molecule has 0 amide bonds. The molecule has 0 radical (unpaired) electrons. The van der Waals surface area contributed by atoms with Crippen LogP contribution in [0.2, 0.25) is 0 Å². The number of nitrogens with one attached hydrogen (secondary N) is 1. The molecule has 1 fully saturated rings. The van der Waals surface area contributed by atoms with E-state index >= 15 is 0 Å². The molecule has 2 unspecified atom stereocenters. The molecule has 1 aliphatic heterocycles. The molecule has 1 N–H and O–H groups in total. The van der Waals surface area contributed by atoms with E-state index in [2.05, 4.69) is 43.4 Å². The van der Waals surface area contributed by atoms with Crippen molar-refractivity contribution < 1.29 is 4.74 Å². The molecule has 1 heterocycles. The first kappa shape index (κ1) is 9.69. The number of aryl methyl sites for hydroxylation is 1. The molecule has 1 aromatic rings. The molecular weight excluding hydrogens is 174 g/mol. The van der Waals surface area contributed by atoms with Crippen molar-refractivity contribution in [3.63, 3.8) is 0 Å². The maximum atomic E-state index is 5.71. The Morgan fingerprint density at radius 3 is 2.57 bits per heavy atom. The van der Waals surface area contributed by atoms with E-state index in [1.807, 2.05) is 0 Å². The number of hydrogen-bond donors (Lipinski definition) is 1. The van der Waals surface area contributed by atoms with Crippen molar-refractivity contribution in [3.05, 3.63) is 35.4 Å². The fourth-order valence-corrected chi connectivity index (χ4v) is 1.64. The molecule has 1 aromatic carbocycles. The average Bonchev–Trinajstić information content (AvgIpc) is 2.21. The number of ether oxygens (including phenoxy) is 1. The van der Waals surface area contributed by atoms with E-state index in [4.69, 9.17) is 4.74 Å². The summed E-state index contributed by atoms with van der Waals surface area (Å²) in [4.78, 5) is 0. The van der Waals surface area contributed by atoms with E-state index in [1.54, 1.807) is 0 Å². The van der Waals surface area contributed by atoms with Crippen LogP contribution in [0.1, 0.15) is 24.3 Å². The second kappa shape index (κ2) is 4.11. The Kier molecular flexibility index (Phi) is 2.85. The summed E-state index contributed by atoms with van der Waals surface area (Å²) in [7, 11) is 0. The minimum absolute atomic E-state index is 0.0896. The maximum absolute atomic E-state index is 5.71. The third-order valence-corrected chi connectivity index (χ3v) is 2.58. The highest BCUT2D eigenvalue weighted by atomic mass is 16.5. The van der Waals surface area contributed by atoms with Crippen molar-refractivity contribution in [2.75, 3.05) is 13.2 Å². The van der Waals surface area contributed by atoms with E-state index in [-0.39, 0.29) is 6.23 Å².